The lowest BCUT2D eigenvalue weighted by molar-refractivity contribution is -0.118. The maximum Gasteiger partial charge on any atom is 0.250 e. The van der Waals surface area contributed by atoms with Gasteiger partial charge in [-0.05, 0) is 28.5 Å². The van der Waals surface area contributed by atoms with E-state index in [1.807, 2.05) is 24.3 Å². The Bertz CT molecular complexity index is 1160. The van der Waals surface area contributed by atoms with E-state index in [9.17, 15) is 4.79 Å². The van der Waals surface area contributed by atoms with Gasteiger partial charge in [0.15, 0.2) is 8.68 Å². The van der Waals surface area contributed by atoms with Gasteiger partial charge in [0, 0.05) is 11.9 Å². The fraction of sp³-hybridized carbons (Fsp3) is 0.0952. The summed E-state index contributed by atoms with van der Waals surface area (Å²) in [4.78, 5) is 16.0. The van der Waals surface area contributed by atoms with Gasteiger partial charge in [0.1, 0.15) is 0 Å². The molecule has 2 aromatic heterocycles. The third-order valence-electron chi connectivity index (χ3n) is 4.02. The molecule has 6 nitrogen and oxygen atoms in total. The molecular formula is C21H17N5OS3. The third-order valence-corrected chi connectivity index (χ3v) is 7.26. The first-order chi connectivity index (χ1) is 14.8. The molecule has 9 heteroatoms. The molecule has 0 aliphatic heterocycles. The number of thioether (sulfide) groups is 2. The molecule has 0 saturated carbocycles. The highest BCUT2D eigenvalue weighted by atomic mass is 32.2. The van der Waals surface area contributed by atoms with Crippen LogP contribution in [0.1, 0.15) is 11.3 Å². The number of nitrogens with one attached hydrogen (secondary N) is 1. The first-order valence-corrected chi connectivity index (χ1v) is 11.9. The lowest BCUT2D eigenvalue weighted by atomic mass is 10.1. The van der Waals surface area contributed by atoms with Crippen molar-refractivity contribution < 1.29 is 4.79 Å². The minimum atomic E-state index is -0.202. The van der Waals surface area contributed by atoms with E-state index < -0.39 is 0 Å². The molecule has 2 heterocycles. The highest BCUT2D eigenvalue weighted by Crippen LogP contribution is 2.32. The summed E-state index contributed by atoms with van der Waals surface area (Å²) in [6.45, 7) is 0. The summed E-state index contributed by atoms with van der Waals surface area (Å²) >= 11 is 4.50. The predicted molar refractivity (Wildman–Crippen MR) is 124 cm³/mol. The molecule has 0 saturated heterocycles. The zero-order chi connectivity index (χ0) is 20.6. The van der Waals surface area contributed by atoms with Crippen molar-refractivity contribution in [3.8, 4) is 0 Å². The molecule has 0 radical (unpaired) electrons. The summed E-state index contributed by atoms with van der Waals surface area (Å²) in [5.41, 5.74) is 4.45. The zero-order valence-electron chi connectivity index (χ0n) is 15.8. The molecule has 0 aliphatic rings. The molecule has 4 rings (SSSR count). The summed E-state index contributed by atoms with van der Waals surface area (Å²) in [7, 11) is 0. The number of benzene rings is 2. The normalized spacial score (nSPS) is 11.2. The molecule has 0 aliphatic carbocycles. The van der Waals surface area contributed by atoms with Gasteiger partial charge in [0.25, 0.3) is 5.91 Å². The molecule has 1 N–H and O–H groups in total. The predicted octanol–water partition coefficient (Wildman–Crippen LogP) is 4.62. The van der Waals surface area contributed by atoms with Crippen LogP contribution in [-0.4, -0.2) is 33.1 Å². The number of carbonyl (C=O) groups is 1. The van der Waals surface area contributed by atoms with Gasteiger partial charge in [-0.1, -0.05) is 83.4 Å². The molecule has 0 spiro atoms. The van der Waals surface area contributed by atoms with Crippen molar-refractivity contribution in [2.45, 2.75) is 14.4 Å². The Balaban J connectivity index is 1.26. The fourth-order valence-electron chi connectivity index (χ4n) is 2.65. The van der Waals surface area contributed by atoms with Gasteiger partial charge in [-0.25, -0.2) is 5.43 Å². The summed E-state index contributed by atoms with van der Waals surface area (Å²) in [5.74, 6) is 0.846. The molecule has 30 heavy (non-hydrogen) atoms. The number of hydrogen-bond donors (Lipinski definition) is 1. The van der Waals surface area contributed by atoms with E-state index in [2.05, 4.69) is 62.1 Å². The number of aromatic nitrogens is 3. The summed E-state index contributed by atoms with van der Waals surface area (Å²) in [6, 6.07) is 20.2. The van der Waals surface area contributed by atoms with E-state index in [4.69, 9.17) is 0 Å². The second-order valence-corrected chi connectivity index (χ2v) is 9.52. The van der Waals surface area contributed by atoms with Crippen molar-refractivity contribution in [2.24, 2.45) is 5.10 Å². The number of hydrazone groups is 1. The van der Waals surface area contributed by atoms with Crippen LogP contribution < -0.4 is 5.43 Å². The Morgan fingerprint density at radius 3 is 2.67 bits per heavy atom. The van der Waals surface area contributed by atoms with Crippen LogP contribution in [-0.2, 0) is 10.5 Å². The lowest BCUT2D eigenvalue weighted by Crippen LogP contribution is -2.19. The quantitative estimate of drug-likeness (QED) is 0.239. The van der Waals surface area contributed by atoms with Crippen molar-refractivity contribution in [3.05, 3.63) is 78.1 Å². The van der Waals surface area contributed by atoms with Gasteiger partial charge in [0.05, 0.1) is 17.7 Å². The van der Waals surface area contributed by atoms with E-state index >= 15 is 0 Å². The average Bonchev–Trinajstić information content (AvgIpc) is 3.25. The molecule has 2 aromatic carbocycles. The molecule has 150 valence electrons. The van der Waals surface area contributed by atoms with Crippen molar-refractivity contribution in [3.63, 3.8) is 0 Å². The summed E-state index contributed by atoms with van der Waals surface area (Å²) in [5, 5.41) is 14.8. The van der Waals surface area contributed by atoms with Crippen molar-refractivity contribution in [1.82, 2.24) is 20.6 Å². The van der Waals surface area contributed by atoms with E-state index in [-0.39, 0.29) is 11.7 Å². The Hall–Kier alpha value is -2.75. The van der Waals surface area contributed by atoms with Crippen LogP contribution in [0, 0.1) is 0 Å². The first-order valence-electron chi connectivity index (χ1n) is 9.06. The number of hydrogen-bond acceptors (Lipinski definition) is 8. The largest absolute Gasteiger partial charge is 0.272 e. The molecule has 0 fully saturated rings. The Kier molecular flexibility index (Phi) is 7.07. The van der Waals surface area contributed by atoms with E-state index in [1.54, 1.807) is 18.0 Å². The fourth-order valence-corrected chi connectivity index (χ4v) is 5.47. The highest BCUT2D eigenvalue weighted by molar-refractivity contribution is 8.03. The maximum atomic E-state index is 11.9. The van der Waals surface area contributed by atoms with Crippen LogP contribution >= 0.6 is 34.9 Å². The van der Waals surface area contributed by atoms with E-state index in [0.717, 1.165) is 14.4 Å². The first kappa shape index (κ1) is 20.5. The lowest BCUT2D eigenvalue weighted by Gasteiger charge is -2.04. The van der Waals surface area contributed by atoms with Gasteiger partial charge in [-0.3, -0.25) is 9.78 Å². The monoisotopic (exact) mass is 451 g/mol. The number of nitrogens with zero attached hydrogens (tertiary/aromatic N) is 4. The van der Waals surface area contributed by atoms with Crippen LogP contribution in [0.5, 0.6) is 0 Å². The van der Waals surface area contributed by atoms with E-state index in [1.165, 1.54) is 45.6 Å². The summed E-state index contributed by atoms with van der Waals surface area (Å²) in [6.07, 6.45) is 3.18. The maximum absolute atomic E-state index is 11.9. The average molecular weight is 452 g/mol. The number of fused-ring (bicyclic) bond motifs is 1. The SMILES string of the molecule is O=C(CSc1nnc(SCc2cccc3ccccc23)s1)NN=Cc1ccccn1. The van der Waals surface area contributed by atoms with Crippen LogP contribution in [0.4, 0.5) is 0 Å². The molecule has 0 unspecified atom stereocenters. The van der Waals surface area contributed by atoms with E-state index in [0.29, 0.717) is 5.69 Å². The Morgan fingerprint density at radius 1 is 1.00 bits per heavy atom. The second-order valence-electron chi connectivity index (χ2n) is 6.10. The summed E-state index contributed by atoms with van der Waals surface area (Å²) < 4.78 is 1.65. The molecular weight excluding hydrogens is 434 g/mol. The number of rotatable bonds is 8. The molecule has 0 atom stereocenters. The minimum Gasteiger partial charge on any atom is -0.272 e. The number of amides is 1. The number of pyridine rings is 1. The van der Waals surface area contributed by atoms with Crippen LogP contribution in [0.2, 0.25) is 0 Å². The topological polar surface area (TPSA) is 80.1 Å². The molecule has 1 amide bonds. The van der Waals surface area contributed by atoms with Gasteiger partial charge in [-0.2, -0.15) is 5.10 Å². The van der Waals surface area contributed by atoms with Crippen LogP contribution in [0.3, 0.4) is 0 Å². The van der Waals surface area contributed by atoms with Crippen molar-refractivity contribution in [1.29, 1.82) is 0 Å². The van der Waals surface area contributed by atoms with Crippen LogP contribution in [0.15, 0.2) is 80.6 Å². The molecule has 4 aromatic rings. The Morgan fingerprint density at radius 2 is 1.80 bits per heavy atom. The van der Waals surface area contributed by atoms with Gasteiger partial charge in [0.2, 0.25) is 0 Å². The highest BCUT2D eigenvalue weighted by Gasteiger charge is 2.09. The van der Waals surface area contributed by atoms with Crippen LogP contribution in [0.25, 0.3) is 10.8 Å². The third kappa shape index (κ3) is 5.65. The number of carbonyl (C=O) groups excluding carboxylic acids is 1. The van der Waals surface area contributed by atoms with Gasteiger partial charge in [-0.15, -0.1) is 10.2 Å². The Labute approximate surface area is 186 Å². The minimum absolute atomic E-state index is 0.202. The standard InChI is InChI=1S/C21H17N5OS3/c27-19(24-23-12-17-9-3-4-11-22-17)14-29-21-26-25-20(30-21)28-13-16-8-5-7-15-6-1-2-10-18(15)16/h1-12H,13-14H2,(H,24,27). The van der Waals surface area contributed by atoms with Gasteiger partial charge < -0.3 is 0 Å². The zero-order valence-corrected chi connectivity index (χ0v) is 18.2. The van der Waals surface area contributed by atoms with Crippen molar-refractivity contribution >= 4 is 57.8 Å². The molecule has 0 bridgehead atoms. The smallest absolute Gasteiger partial charge is 0.250 e. The van der Waals surface area contributed by atoms with Gasteiger partial charge >= 0.3 is 0 Å². The van der Waals surface area contributed by atoms with Crippen molar-refractivity contribution in [2.75, 3.05) is 5.75 Å². The second kappa shape index (κ2) is 10.3.